The third-order valence-corrected chi connectivity index (χ3v) is 4.13. The molecule has 0 aliphatic carbocycles. The van der Waals surface area contributed by atoms with Crippen molar-refractivity contribution in [3.63, 3.8) is 0 Å². The van der Waals surface area contributed by atoms with Crippen LogP contribution in [0.2, 0.25) is 5.02 Å². The normalized spacial score (nSPS) is 24.5. The average molecular weight is 295 g/mol. The standard InChI is InChI=1S/C15H19ClN2O2/c1-4-13-14(19)17-9(2)15(20)18(13)10(3)11-7-5-6-8-12(11)16/h5-10,13H,4H2,1-3H3,(H,17,19). The van der Waals surface area contributed by atoms with Crippen LogP contribution in [0.3, 0.4) is 0 Å². The second kappa shape index (κ2) is 5.83. The Morgan fingerprint density at radius 2 is 2.00 bits per heavy atom. The van der Waals surface area contributed by atoms with Crippen molar-refractivity contribution >= 4 is 23.4 Å². The van der Waals surface area contributed by atoms with E-state index in [1.165, 1.54) is 0 Å². The first-order valence-electron chi connectivity index (χ1n) is 6.84. The highest BCUT2D eigenvalue weighted by molar-refractivity contribution is 6.31. The lowest BCUT2D eigenvalue weighted by atomic mass is 9.99. The topological polar surface area (TPSA) is 49.4 Å². The summed E-state index contributed by atoms with van der Waals surface area (Å²) in [4.78, 5) is 26.2. The molecule has 0 spiro atoms. The predicted octanol–water partition coefficient (Wildman–Crippen LogP) is 2.53. The molecule has 1 heterocycles. The van der Waals surface area contributed by atoms with Crippen LogP contribution in [0, 0.1) is 0 Å². The number of nitrogens with zero attached hydrogens (tertiary/aromatic N) is 1. The van der Waals surface area contributed by atoms with Gasteiger partial charge in [0.05, 0.1) is 6.04 Å². The third kappa shape index (κ3) is 2.52. The second-order valence-corrected chi connectivity index (χ2v) is 5.50. The second-order valence-electron chi connectivity index (χ2n) is 5.10. The fraction of sp³-hybridized carbons (Fsp3) is 0.467. The number of hydrogen-bond acceptors (Lipinski definition) is 2. The summed E-state index contributed by atoms with van der Waals surface area (Å²) in [7, 11) is 0. The minimum absolute atomic E-state index is 0.0659. The number of halogens is 1. The molecule has 1 saturated heterocycles. The molecule has 1 N–H and O–H groups in total. The maximum absolute atomic E-state index is 12.4. The lowest BCUT2D eigenvalue weighted by molar-refractivity contribution is -0.151. The van der Waals surface area contributed by atoms with Crippen LogP contribution in [0.1, 0.15) is 38.8 Å². The summed E-state index contributed by atoms with van der Waals surface area (Å²) >= 11 is 6.21. The predicted molar refractivity (Wildman–Crippen MR) is 78.4 cm³/mol. The van der Waals surface area contributed by atoms with Crippen LogP contribution in [0.15, 0.2) is 24.3 Å². The van der Waals surface area contributed by atoms with Crippen molar-refractivity contribution in [2.45, 2.75) is 45.3 Å². The Labute approximate surface area is 124 Å². The zero-order chi connectivity index (χ0) is 14.9. The highest BCUT2D eigenvalue weighted by Gasteiger charge is 2.40. The summed E-state index contributed by atoms with van der Waals surface area (Å²) in [5.74, 6) is -0.164. The van der Waals surface area contributed by atoms with Crippen molar-refractivity contribution in [3.05, 3.63) is 34.9 Å². The number of hydrogen-bond donors (Lipinski definition) is 1. The number of amides is 2. The van der Waals surface area contributed by atoms with Crippen LogP contribution in [0.5, 0.6) is 0 Å². The van der Waals surface area contributed by atoms with Gasteiger partial charge in [0.25, 0.3) is 0 Å². The Hall–Kier alpha value is -1.55. The van der Waals surface area contributed by atoms with Gasteiger partial charge in [0.15, 0.2) is 0 Å². The van der Waals surface area contributed by atoms with E-state index in [-0.39, 0.29) is 17.9 Å². The maximum atomic E-state index is 12.4. The van der Waals surface area contributed by atoms with E-state index < -0.39 is 12.1 Å². The molecule has 1 fully saturated rings. The molecule has 1 aromatic rings. The van der Waals surface area contributed by atoms with Crippen molar-refractivity contribution in [2.24, 2.45) is 0 Å². The zero-order valence-electron chi connectivity index (χ0n) is 11.9. The quantitative estimate of drug-likeness (QED) is 0.931. The van der Waals surface area contributed by atoms with Crippen molar-refractivity contribution in [2.75, 3.05) is 0 Å². The van der Waals surface area contributed by atoms with Gasteiger partial charge in [0.1, 0.15) is 12.1 Å². The summed E-state index contributed by atoms with van der Waals surface area (Å²) in [5.41, 5.74) is 0.864. The molecule has 1 aliphatic rings. The van der Waals surface area contributed by atoms with Gasteiger partial charge in [-0.1, -0.05) is 36.7 Å². The molecule has 3 unspecified atom stereocenters. The first kappa shape index (κ1) is 14.9. The van der Waals surface area contributed by atoms with Crippen LogP contribution < -0.4 is 5.32 Å². The van der Waals surface area contributed by atoms with Crippen LogP contribution in [-0.4, -0.2) is 28.8 Å². The summed E-state index contributed by atoms with van der Waals surface area (Å²) in [6, 6.07) is 6.27. The first-order chi connectivity index (χ1) is 9.47. The fourth-order valence-corrected chi connectivity index (χ4v) is 2.98. The van der Waals surface area contributed by atoms with E-state index in [0.29, 0.717) is 11.4 Å². The molecule has 0 bridgehead atoms. The highest BCUT2D eigenvalue weighted by atomic mass is 35.5. The van der Waals surface area contributed by atoms with E-state index in [9.17, 15) is 9.59 Å². The van der Waals surface area contributed by atoms with Crippen molar-refractivity contribution in [1.29, 1.82) is 0 Å². The van der Waals surface area contributed by atoms with Crippen molar-refractivity contribution in [1.82, 2.24) is 10.2 Å². The smallest absolute Gasteiger partial charge is 0.246 e. The molecule has 3 atom stereocenters. The fourth-order valence-electron chi connectivity index (χ4n) is 2.68. The van der Waals surface area contributed by atoms with Gasteiger partial charge in [-0.05, 0) is 31.9 Å². The minimum atomic E-state index is -0.491. The van der Waals surface area contributed by atoms with E-state index >= 15 is 0 Å². The van der Waals surface area contributed by atoms with Gasteiger partial charge in [-0.25, -0.2) is 0 Å². The van der Waals surface area contributed by atoms with E-state index in [1.807, 2.05) is 32.0 Å². The summed E-state index contributed by atoms with van der Waals surface area (Å²) in [5, 5.41) is 3.33. The van der Waals surface area contributed by atoms with Gasteiger partial charge in [-0.3, -0.25) is 9.59 Å². The monoisotopic (exact) mass is 294 g/mol. The SMILES string of the molecule is CCC1C(=O)NC(C)C(=O)N1C(C)c1ccccc1Cl. The highest BCUT2D eigenvalue weighted by Crippen LogP contribution is 2.31. The van der Waals surface area contributed by atoms with Crippen LogP contribution in [0.4, 0.5) is 0 Å². The summed E-state index contributed by atoms with van der Waals surface area (Å²) in [6.07, 6.45) is 0.582. The number of piperazine rings is 1. The molecule has 1 aromatic carbocycles. The van der Waals surface area contributed by atoms with E-state index in [0.717, 1.165) is 5.56 Å². The third-order valence-electron chi connectivity index (χ3n) is 3.78. The van der Waals surface area contributed by atoms with E-state index in [2.05, 4.69) is 5.32 Å². The number of carbonyl (C=O) groups excluding carboxylic acids is 2. The molecule has 108 valence electrons. The molecule has 2 rings (SSSR count). The first-order valence-corrected chi connectivity index (χ1v) is 7.22. The Morgan fingerprint density at radius 3 is 2.60 bits per heavy atom. The van der Waals surface area contributed by atoms with Crippen molar-refractivity contribution < 1.29 is 9.59 Å². The molecule has 0 aromatic heterocycles. The maximum Gasteiger partial charge on any atom is 0.246 e. The lowest BCUT2D eigenvalue weighted by Crippen LogP contribution is -2.62. The number of carbonyl (C=O) groups is 2. The summed E-state index contributed by atoms with van der Waals surface area (Å²) in [6.45, 7) is 5.52. The van der Waals surface area contributed by atoms with Gasteiger partial charge in [-0.2, -0.15) is 0 Å². The van der Waals surface area contributed by atoms with Crippen molar-refractivity contribution in [3.8, 4) is 0 Å². The average Bonchev–Trinajstić information content (AvgIpc) is 2.42. The molecule has 20 heavy (non-hydrogen) atoms. The Kier molecular flexibility index (Phi) is 4.33. The Balaban J connectivity index is 2.39. The molecule has 0 radical (unpaired) electrons. The van der Waals surface area contributed by atoms with Gasteiger partial charge < -0.3 is 10.2 Å². The van der Waals surface area contributed by atoms with E-state index in [4.69, 9.17) is 11.6 Å². The lowest BCUT2D eigenvalue weighted by Gasteiger charge is -2.41. The Morgan fingerprint density at radius 1 is 1.35 bits per heavy atom. The number of benzene rings is 1. The van der Waals surface area contributed by atoms with Gasteiger partial charge in [0.2, 0.25) is 11.8 Å². The van der Waals surface area contributed by atoms with Crippen LogP contribution in [0.25, 0.3) is 0 Å². The molecule has 2 amide bonds. The van der Waals surface area contributed by atoms with Gasteiger partial charge in [-0.15, -0.1) is 0 Å². The molecule has 4 nitrogen and oxygen atoms in total. The minimum Gasteiger partial charge on any atom is -0.343 e. The van der Waals surface area contributed by atoms with Gasteiger partial charge >= 0.3 is 0 Å². The zero-order valence-corrected chi connectivity index (χ0v) is 12.6. The Bertz CT molecular complexity index is 532. The molecule has 5 heteroatoms. The number of nitrogens with one attached hydrogen (secondary N) is 1. The molecular weight excluding hydrogens is 276 g/mol. The largest absolute Gasteiger partial charge is 0.343 e. The van der Waals surface area contributed by atoms with Crippen LogP contribution >= 0.6 is 11.6 Å². The number of rotatable bonds is 3. The molecular formula is C15H19ClN2O2. The van der Waals surface area contributed by atoms with E-state index in [1.54, 1.807) is 17.9 Å². The van der Waals surface area contributed by atoms with Gasteiger partial charge in [0, 0.05) is 5.02 Å². The summed E-state index contributed by atoms with van der Waals surface area (Å²) < 4.78 is 0. The molecule has 0 saturated carbocycles. The molecule has 1 aliphatic heterocycles. The van der Waals surface area contributed by atoms with Crippen LogP contribution in [-0.2, 0) is 9.59 Å².